The number of rotatable bonds is 5. The molecule has 0 aliphatic carbocycles. The minimum absolute atomic E-state index is 0.202. The molecule has 0 aliphatic rings. The van der Waals surface area contributed by atoms with Crippen molar-refractivity contribution in [3.05, 3.63) is 78.1 Å². The van der Waals surface area contributed by atoms with Crippen molar-refractivity contribution < 1.29 is 18.0 Å². The van der Waals surface area contributed by atoms with Gasteiger partial charge in [0.05, 0.1) is 11.1 Å². The summed E-state index contributed by atoms with van der Waals surface area (Å²) in [4.78, 5) is 22.7. The van der Waals surface area contributed by atoms with E-state index in [-0.39, 0.29) is 11.3 Å². The lowest BCUT2D eigenvalue weighted by Crippen LogP contribution is -2.20. The van der Waals surface area contributed by atoms with E-state index in [1.807, 2.05) is 42.2 Å². The Labute approximate surface area is 159 Å². The molecule has 1 heterocycles. The van der Waals surface area contributed by atoms with Gasteiger partial charge in [0, 0.05) is 30.3 Å². The molecule has 1 N–H and O–H groups in total. The van der Waals surface area contributed by atoms with E-state index in [1.54, 1.807) is 0 Å². The van der Waals surface area contributed by atoms with Crippen LogP contribution in [-0.2, 0) is 6.18 Å². The molecule has 8 heteroatoms. The number of hydrogen-bond acceptors (Lipinski definition) is 4. The number of anilines is 3. The summed E-state index contributed by atoms with van der Waals surface area (Å²) < 4.78 is 37.8. The summed E-state index contributed by atoms with van der Waals surface area (Å²) in [6, 6.07) is 13.8. The number of carbonyl (C=O) groups excluding carboxylic acids is 1. The van der Waals surface area contributed by atoms with Crippen molar-refractivity contribution in [2.75, 3.05) is 16.8 Å². The number of hydrogen-bond donors (Lipinski definition) is 1. The summed E-state index contributed by atoms with van der Waals surface area (Å²) in [7, 11) is 0. The fourth-order valence-corrected chi connectivity index (χ4v) is 2.57. The lowest BCUT2D eigenvalue weighted by atomic mass is 10.2. The highest BCUT2D eigenvalue weighted by Crippen LogP contribution is 2.30. The first-order valence-electron chi connectivity index (χ1n) is 8.51. The van der Waals surface area contributed by atoms with Crippen LogP contribution in [0, 0.1) is 0 Å². The molecule has 5 nitrogen and oxygen atoms in total. The molecular weight excluding hydrogens is 369 g/mol. The Morgan fingerprint density at radius 3 is 2.14 bits per heavy atom. The van der Waals surface area contributed by atoms with E-state index in [4.69, 9.17) is 0 Å². The summed E-state index contributed by atoms with van der Waals surface area (Å²) >= 11 is 0. The molecule has 0 bridgehead atoms. The van der Waals surface area contributed by atoms with Crippen molar-refractivity contribution >= 4 is 23.2 Å². The van der Waals surface area contributed by atoms with E-state index in [0.717, 1.165) is 17.8 Å². The molecule has 0 unspecified atom stereocenters. The molecule has 0 fully saturated rings. The van der Waals surface area contributed by atoms with Crippen LogP contribution < -0.4 is 10.2 Å². The highest BCUT2D eigenvalue weighted by molar-refractivity contribution is 6.03. The molecule has 1 amide bonds. The second-order valence-corrected chi connectivity index (χ2v) is 5.88. The van der Waals surface area contributed by atoms with Crippen LogP contribution in [0.2, 0.25) is 0 Å². The summed E-state index contributed by atoms with van der Waals surface area (Å²) in [6.07, 6.45) is -1.66. The third-order valence-corrected chi connectivity index (χ3v) is 4.00. The number of carbonyl (C=O) groups is 1. The minimum atomic E-state index is -4.42. The highest BCUT2D eigenvalue weighted by Gasteiger charge is 2.30. The van der Waals surface area contributed by atoms with Gasteiger partial charge in [0.2, 0.25) is 5.95 Å². The fraction of sp³-hybridized carbons (Fsp3) is 0.150. The van der Waals surface area contributed by atoms with Crippen LogP contribution in [0.1, 0.15) is 22.8 Å². The van der Waals surface area contributed by atoms with Gasteiger partial charge in [0.1, 0.15) is 0 Å². The SMILES string of the molecule is CCN(c1ccccc1)c1ncc(C(=O)Nc2ccc(C(F)(F)F)cc2)cn1. The number of halogens is 3. The monoisotopic (exact) mass is 386 g/mol. The van der Waals surface area contributed by atoms with Crippen LogP contribution >= 0.6 is 0 Å². The smallest absolute Gasteiger partial charge is 0.322 e. The maximum atomic E-state index is 12.6. The van der Waals surface area contributed by atoms with E-state index < -0.39 is 17.6 Å². The second-order valence-electron chi connectivity index (χ2n) is 5.88. The molecule has 2 aromatic carbocycles. The average Bonchev–Trinajstić information content (AvgIpc) is 2.69. The van der Waals surface area contributed by atoms with E-state index in [9.17, 15) is 18.0 Å². The van der Waals surface area contributed by atoms with Crippen molar-refractivity contribution in [2.45, 2.75) is 13.1 Å². The van der Waals surface area contributed by atoms with Crippen molar-refractivity contribution in [3.8, 4) is 0 Å². The average molecular weight is 386 g/mol. The quantitative estimate of drug-likeness (QED) is 0.677. The summed E-state index contributed by atoms with van der Waals surface area (Å²) in [6.45, 7) is 2.60. The Hall–Kier alpha value is -3.42. The van der Waals surface area contributed by atoms with Gasteiger partial charge in [-0.2, -0.15) is 13.2 Å². The van der Waals surface area contributed by atoms with Gasteiger partial charge in [0.15, 0.2) is 0 Å². The molecule has 0 atom stereocenters. The van der Waals surface area contributed by atoms with Gasteiger partial charge in [-0.3, -0.25) is 4.79 Å². The van der Waals surface area contributed by atoms with Crippen LogP contribution in [0.15, 0.2) is 67.0 Å². The number of nitrogens with zero attached hydrogens (tertiary/aromatic N) is 3. The van der Waals surface area contributed by atoms with Crippen LogP contribution in [0.4, 0.5) is 30.5 Å². The first kappa shape index (κ1) is 19.3. The Morgan fingerprint density at radius 2 is 1.61 bits per heavy atom. The van der Waals surface area contributed by atoms with Gasteiger partial charge >= 0.3 is 6.18 Å². The van der Waals surface area contributed by atoms with Gasteiger partial charge in [0.25, 0.3) is 5.91 Å². The standard InChI is InChI=1S/C20H17F3N4O/c1-2-27(17-6-4-3-5-7-17)19-24-12-14(13-25-19)18(28)26-16-10-8-15(9-11-16)20(21,22)23/h3-13H,2H2,1H3,(H,26,28). The van der Waals surface area contributed by atoms with Crippen LogP contribution in [0.25, 0.3) is 0 Å². The third kappa shape index (κ3) is 4.46. The summed E-state index contributed by atoms with van der Waals surface area (Å²) in [5.41, 5.74) is 0.597. The Kier molecular flexibility index (Phi) is 5.58. The first-order chi connectivity index (χ1) is 13.4. The molecule has 0 aliphatic heterocycles. The Balaban J connectivity index is 1.71. The van der Waals surface area contributed by atoms with Gasteiger partial charge in [-0.1, -0.05) is 18.2 Å². The predicted molar refractivity (Wildman–Crippen MR) is 101 cm³/mol. The van der Waals surface area contributed by atoms with Crippen LogP contribution in [-0.4, -0.2) is 22.4 Å². The number of aromatic nitrogens is 2. The van der Waals surface area contributed by atoms with E-state index in [1.165, 1.54) is 24.5 Å². The Bertz CT molecular complexity index is 926. The molecule has 0 radical (unpaired) electrons. The number of nitrogens with one attached hydrogen (secondary N) is 1. The van der Waals surface area contributed by atoms with Gasteiger partial charge in [-0.25, -0.2) is 9.97 Å². The zero-order chi connectivity index (χ0) is 20.1. The predicted octanol–water partition coefficient (Wildman–Crippen LogP) is 4.91. The van der Waals surface area contributed by atoms with Gasteiger partial charge in [-0.15, -0.1) is 0 Å². The van der Waals surface area contributed by atoms with Crippen molar-refractivity contribution in [2.24, 2.45) is 0 Å². The number of amides is 1. The van der Waals surface area contributed by atoms with Crippen molar-refractivity contribution in [1.82, 2.24) is 9.97 Å². The number of alkyl halides is 3. The molecule has 0 spiro atoms. The van der Waals surface area contributed by atoms with Gasteiger partial charge < -0.3 is 10.2 Å². The molecule has 3 aromatic rings. The lowest BCUT2D eigenvalue weighted by Gasteiger charge is -2.20. The largest absolute Gasteiger partial charge is 0.416 e. The molecule has 1 aromatic heterocycles. The van der Waals surface area contributed by atoms with E-state index in [0.29, 0.717) is 12.5 Å². The van der Waals surface area contributed by atoms with E-state index >= 15 is 0 Å². The summed E-state index contributed by atoms with van der Waals surface area (Å²) in [5, 5.41) is 2.53. The molecule has 3 rings (SSSR count). The third-order valence-electron chi connectivity index (χ3n) is 4.00. The zero-order valence-electron chi connectivity index (χ0n) is 14.9. The van der Waals surface area contributed by atoms with E-state index in [2.05, 4.69) is 15.3 Å². The second kappa shape index (κ2) is 8.08. The Morgan fingerprint density at radius 1 is 1.00 bits per heavy atom. The minimum Gasteiger partial charge on any atom is -0.322 e. The van der Waals surface area contributed by atoms with Crippen LogP contribution in [0.3, 0.4) is 0 Å². The highest BCUT2D eigenvalue weighted by atomic mass is 19.4. The summed E-state index contributed by atoms with van der Waals surface area (Å²) in [5.74, 6) is -0.0613. The molecular formula is C20H17F3N4O. The maximum absolute atomic E-state index is 12.6. The van der Waals surface area contributed by atoms with Crippen molar-refractivity contribution in [1.29, 1.82) is 0 Å². The maximum Gasteiger partial charge on any atom is 0.416 e. The van der Waals surface area contributed by atoms with Gasteiger partial charge in [-0.05, 0) is 43.3 Å². The molecule has 144 valence electrons. The molecule has 0 saturated carbocycles. The fourth-order valence-electron chi connectivity index (χ4n) is 2.57. The van der Waals surface area contributed by atoms with Crippen LogP contribution in [0.5, 0.6) is 0 Å². The zero-order valence-corrected chi connectivity index (χ0v) is 14.9. The topological polar surface area (TPSA) is 58.1 Å². The lowest BCUT2D eigenvalue weighted by molar-refractivity contribution is -0.137. The normalized spacial score (nSPS) is 11.1. The molecule has 28 heavy (non-hydrogen) atoms. The first-order valence-corrected chi connectivity index (χ1v) is 8.51. The number of para-hydroxylation sites is 1. The van der Waals surface area contributed by atoms with Crippen molar-refractivity contribution in [3.63, 3.8) is 0 Å². The number of benzene rings is 2. The molecule has 0 saturated heterocycles.